The minimum absolute atomic E-state index is 0.210. The van der Waals surface area contributed by atoms with Crippen LogP contribution in [-0.4, -0.2) is 26.5 Å². The zero-order valence-corrected chi connectivity index (χ0v) is 9.59. The largest absolute Gasteiger partial charge is 0.465 e. The molecule has 0 aliphatic heterocycles. The van der Waals surface area contributed by atoms with Gasteiger partial charge in [0, 0.05) is 10.7 Å². The number of esters is 1. The van der Waals surface area contributed by atoms with Crippen molar-refractivity contribution in [2.75, 3.05) is 7.11 Å². The highest BCUT2D eigenvalue weighted by atomic mass is 35.7. The molecule has 0 spiro atoms. The van der Waals surface area contributed by atoms with Crippen LogP contribution in [0.5, 0.6) is 0 Å². The molecule has 0 saturated heterocycles. The van der Waals surface area contributed by atoms with Crippen molar-refractivity contribution < 1.29 is 17.9 Å². The number of hydrogen-bond donors (Lipinski definition) is 0. The number of nitrogens with zero attached hydrogens (tertiary/aromatic N) is 1. The number of halogens is 1. The Morgan fingerprint density at radius 3 is 2.47 bits per heavy atom. The van der Waals surface area contributed by atoms with Gasteiger partial charge >= 0.3 is 5.97 Å². The summed E-state index contributed by atoms with van der Waals surface area (Å²) in [6, 6.07) is 2.46. The molecule has 0 unspecified atom stereocenters. The van der Waals surface area contributed by atoms with Crippen LogP contribution >= 0.6 is 10.7 Å². The van der Waals surface area contributed by atoms with Crippen molar-refractivity contribution in [3.63, 3.8) is 0 Å². The quantitative estimate of drug-likeness (QED) is 0.580. The summed E-state index contributed by atoms with van der Waals surface area (Å²) >= 11 is 0. The van der Waals surface area contributed by atoms with E-state index in [0.29, 0.717) is 0 Å². The molecule has 15 heavy (non-hydrogen) atoms. The molecule has 0 fully saturated rings. The second-order valence-corrected chi connectivity index (χ2v) is 5.22. The van der Waals surface area contributed by atoms with Gasteiger partial charge < -0.3 is 4.74 Å². The van der Waals surface area contributed by atoms with Crippen molar-refractivity contribution in [2.45, 2.75) is 11.9 Å². The van der Waals surface area contributed by atoms with Gasteiger partial charge in [0.05, 0.1) is 18.4 Å². The van der Waals surface area contributed by atoms with E-state index < -0.39 is 15.0 Å². The van der Waals surface area contributed by atoms with Gasteiger partial charge in [-0.05, 0) is 19.1 Å². The number of hydrogen-bond acceptors (Lipinski definition) is 5. The third-order valence-corrected chi connectivity index (χ3v) is 2.92. The third-order valence-electron chi connectivity index (χ3n) is 1.72. The molecule has 0 aliphatic carbocycles. The predicted octanol–water partition coefficient (Wildman–Crippen LogP) is 1.10. The molecule has 1 aromatic heterocycles. The summed E-state index contributed by atoms with van der Waals surface area (Å²) in [4.78, 5) is 14.8. The summed E-state index contributed by atoms with van der Waals surface area (Å²) < 4.78 is 26.3. The number of carbonyl (C=O) groups excluding carboxylic acids is 1. The van der Waals surface area contributed by atoms with E-state index in [2.05, 4.69) is 9.72 Å². The Kier molecular flexibility index (Phi) is 3.31. The van der Waals surface area contributed by atoms with Crippen LogP contribution in [0, 0.1) is 6.92 Å². The van der Waals surface area contributed by atoms with Crippen molar-refractivity contribution in [1.29, 1.82) is 0 Å². The molecule has 0 bridgehead atoms. The Morgan fingerprint density at radius 2 is 2.07 bits per heavy atom. The second kappa shape index (κ2) is 4.16. The van der Waals surface area contributed by atoms with Crippen LogP contribution in [0.3, 0.4) is 0 Å². The van der Waals surface area contributed by atoms with Gasteiger partial charge in [-0.2, -0.15) is 0 Å². The maximum Gasteiger partial charge on any atom is 0.339 e. The second-order valence-electron chi connectivity index (χ2n) is 2.71. The fourth-order valence-electron chi connectivity index (χ4n) is 1.000. The molecular weight excluding hydrogens is 242 g/mol. The fraction of sp³-hybridized carbons (Fsp3) is 0.250. The molecule has 7 heteroatoms. The van der Waals surface area contributed by atoms with E-state index in [1.165, 1.54) is 20.1 Å². The molecule has 1 rings (SSSR count). The van der Waals surface area contributed by atoms with Crippen LogP contribution in [0.2, 0.25) is 0 Å². The Morgan fingerprint density at radius 1 is 1.47 bits per heavy atom. The highest BCUT2D eigenvalue weighted by Gasteiger charge is 2.16. The molecule has 82 valence electrons. The summed E-state index contributed by atoms with van der Waals surface area (Å²) in [6.45, 7) is 1.50. The molecule has 1 heterocycles. The minimum Gasteiger partial charge on any atom is -0.465 e. The van der Waals surface area contributed by atoms with Crippen LogP contribution in [-0.2, 0) is 13.8 Å². The molecule has 1 aromatic rings. The van der Waals surface area contributed by atoms with E-state index in [0.717, 1.165) is 6.07 Å². The molecular formula is C8H8ClNO4S. The van der Waals surface area contributed by atoms with Gasteiger partial charge in [0.25, 0.3) is 9.05 Å². The van der Waals surface area contributed by atoms with Gasteiger partial charge in [0.15, 0.2) is 5.03 Å². The van der Waals surface area contributed by atoms with E-state index in [-0.39, 0.29) is 16.3 Å². The predicted molar refractivity (Wildman–Crippen MR) is 53.4 cm³/mol. The van der Waals surface area contributed by atoms with E-state index in [4.69, 9.17) is 10.7 Å². The number of aryl methyl sites for hydroxylation is 1. The molecule has 0 saturated carbocycles. The van der Waals surface area contributed by atoms with E-state index in [9.17, 15) is 13.2 Å². The van der Waals surface area contributed by atoms with Crippen LogP contribution in [0.1, 0.15) is 16.1 Å². The first-order chi connectivity index (χ1) is 6.86. The standard InChI is InChI=1S/C8H8ClNO4S/c1-5-6(8(11)14-2)3-4-7(10-5)15(9,12)13/h3-4H,1-2H3. The Hall–Kier alpha value is -1.14. The SMILES string of the molecule is COC(=O)c1ccc(S(=O)(=O)Cl)nc1C. The topological polar surface area (TPSA) is 73.3 Å². The lowest BCUT2D eigenvalue weighted by atomic mass is 10.2. The Bertz CT molecular complexity index is 497. The summed E-state index contributed by atoms with van der Waals surface area (Å²) in [5.41, 5.74) is 0.463. The van der Waals surface area contributed by atoms with Crippen molar-refractivity contribution in [3.05, 3.63) is 23.4 Å². The minimum atomic E-state index is -3.87. The third kappa shape index (κ3) is 2.66. The van der Waals surface area contributed by atoms with Crippen LogP contribution in [0.25, 0.3) is 0 Å². The van der Waals surface area contributed by atoms with Gasteiger partial charge in [-0.25, -0.2) is 18.2 Å². The zero-order valence-electron chi connectivity index (χ0n) is 8.02. The first-order valence-electron chi connectivity index (χ1n) is 3.87. The molecule has 0 aromatic carbocycles. The highest BCUT2D eigenvalue weighted by molar-refractivity contribution is 8.13. The average molecular weight is 250 g/mol. The van der Waals surface area contributed by atoms with Crippen LogP contribution in [0.4, 0.5) is 0 Å². The number of ether oxygens (including phenoxy) is 1. The Labute approximate surface area is 91.5 Å². The lowest BCUT2D eigenvalue weighted by Gasteiger charge is -2.03. The summed E-state index contributed by atoms with van der Waals surface area (Å²) in [5.74, 6) is -0.571. The number of methoxy groups -OCH3 is 1. The normalized spacial score (nSPS) is 11.1. The lowest BCUT2D eigenvalue weighted by molar-refractivity contribution is 0.0599. The van der Waals surface area contributed by atoms with Gasteiger partial charge in [0.1, 0.15) is 0 Å². The summed E-state index contributed by atoms with van der Waals surface area (Å²) in [7, 11) is 2.45. The monoisotopic (exact) mass is 249 g/mol. The maximum atomic E-state index is 11.2. The number of rotatable bonds is 2. The number of aromatic nitrogens is 1. The van der Waals surface area contributed by atoms with E-state index in [1.807, 2.05) is 0 Å². The van der Waals surface area contributed by atoms with Crippen molar-refractivity contribution in [1.82, 2.24) is 4.98 Å². The molecule has 5 nitrogen and oxygen atoms in total. The maximum absolute atomic E-state index is 11.2. The van der Waals surface area contributed by atoms with Crippen molar-refractivity contribution in [3.8, 4) is 0 Å². The lowest BCUT2D eigenvalue weighted by Crippen LogP contribution is -2.07. The first kappa shape index (κ1) is 11.9. The van der Waals surface area contributed by atoms with Crippen molar-refractivity contribution in [2.24, 2.45) is 0 Å². The molecule has 0 amide bonds. The molecule has 0 N–H and O–H groups in total. The van der Waals surface area contributed by atoms with Crippen LogP contribution in [0.15, 0.2) is 17.2 Å². The summed E-state index contributed by atoms with van der Waals surface area (Å²) in [5, 5.41) is -0.283. The number of pyridine rings is 1. The number of carbonyl (C=O) groups is 1. The fourth-order valence-corrected chi connectivity index (χ4v) is 1.73. The smallest absolute Gasteiger partial charge is 0.339 e. The molecule has 0 atom stereocenters. The van der Waals surface area contributed by atoms with E-state index >= 15 is 0 Å². The average Bonchev–Trinajstić information content (AvgIpc) is 2.15. The van der Waals surface area contributed by atoms with Gasteiger partial charge in [-0.1, -0.05) is 0 Å². The molecule has 0 aliphatic rings. The van der Waals surface area contributed by atoms with E-state index in [1.54, 1.807) is 0 Å². The molecule has 0 radical (unpaired) electrons. The highest BCUT2D eigenvalue weighted by Crippen LogP contribution is 2.15. The van der Waals surface area contributed by atoms with Crippen molar-refractivity contribution >= 4 is 25.7 Å². The van der Waals surface area contributed by atoms with Gasteiger partial charge in [-0.15, -0.1) is 0 Å². The summed E-state index contributed by atoms with van der Waals surface area (Å²) in [6.07, 6.45) is 0. The zero-order chi connectivity index (χ0) is 11.6. The Balaban J connectivity index is 3.27. The first-order valence-corrected chi connectivity index (χ1v) is 6.18. The van der Waals surface area contributed by atoms with Crippen LogP contribution < -0.4 is 0 Å². The van der Waals surface area contributed by atoms with Gasteiger partial charge in [0.2, 0.25) is 0 Å². The van der Waals surface area contributed by atoms with Gasteiger partial charge in [-0.3, -0.25) is 0 Å².